The minimum atomic E-state index is -0.725. The molecule has 226 valence electrons. The molecule has 0 spiro atoms. The molecule has 0 amide bonds. The maximum atomic E-state index is 9.85. The number of ether oxygens (including phenoxy) is 8. The van der Waals surface area contributed by atoms with Crippen molar-refractivity contribution in [3.8, 4) is 0 Å². The fourth-order valence-electron chi connectivity index (χ4n) is 5.56. The van der Waals surface area contributed by atoms with E-state index in [4.69, 9.17) is 37.9 Å². The summed E-state index contributed by atoms with van der Waals surface area (Å²) in [5.41, 5.74) is 0. The summed E-state index contributed by atoms with van der Waals surface area (Å²) in [7, 11) is 4.90. The van der Waals surface area contributed by atoms with Gasteiger partial charge in [-0.2, -0.15) is 0 Å². The Morgan fingerprint density at radius 1 is 0.684 bits per heavy atom. The first kappa shape index (κ1) is 33.8. The van der Waals surface area contributed by atoms with E-state index >= 15 is 0 Å². The predicted octanol–water partition coefficient (Wildman–Crippen LogP) is 5.31. The van der Waals surface area contributed by atoms with Crippen molar-refractivity contribution in [1.29, 1.82) is 0 Å². The Morgan fingerprint density at radius 2 is 1.24 bits per heavy atom. The van der Waals surface area contributed by atoms with Crippen LogP contribution in [0.2, 0.25) is 0 Å². The summed E-state index contributed by atoms with van der Waals surface area (Å²) in [6, 6.07) is 0. The van der Waals surface area contributed by atoms with E-state index in [0.717, 1.165) is 38.5 Å². The molecule has 7 atom stereocenters. The molecule has 0 aliphatic carbocycles. The van der Waals surface area contributed by atoms with Crippen LogP contribution in [0.4, 0.5) is 0 Å². The van der Waals surface area contributed by atoms with Crippen LogP contribution in [-0.4, -0.2) is 89.7 Å². The minimum absolute atomic E-state index is 0.0199. The topological polar surface area (TPSA) is 94.1 Å². The van der Waals surface area contributed by atoms with E-state index in [1.165, 1.54) is 44.9 Å². The summed E-state index contributed by atoms with van der Waals surface area (Å²) in [4.78, 5) is 0. The average Bonchev–Trinajstić information content (AvgIpc) is 3.36. The van der Waals surface area contributed by atoms with Gasteiger partial charge in [-0.3, -0.25) is 0 Å². The first-order chi connectivity index (χ1) is 18.6. The van der Waals surface area contributed by atoms with Crippen molar-refractivity contribution in [2.24, 2.45) is 0 Å². The van der Waals surface area contributed by atoms with Gasteiger partial charge in [0.05, 0.1) is 36.6 Å². The lowest BCUT2D eigenvalue weighted by molar-refractivity contribution is -0.211. The number of hydrogen-bond acceptors (Lipinski definition) is 9. The van der Waals surface area contributed by atoms with E-state index in [0.29, 0.717) is 12.8 Å². The fraction of sp³-hybridized carbons (Fsp3) is 1.00. The van der Waals surface area contributed by atoms with Gasteiger partial charge in [-0.15, -0.1) is 0 Å². The molecule has 2 heterocycles. The monoisotopic (exact) mass is 548 g/mol. The fourth-order valence-corrected chi connectivity index (χ4v) is 5.56. The van der Waals surface area contributed by atoms with Crippen LogP contribution in [0, 0.1) is 0 Å². The zero-order chi connectivity index (χ0) is 27.4. The smallest absolute Gasteiger partial charge is 0.155 e. The molecule has 0 aromatic carbocycles. The van der Waals surface area contributed by atoms with E-state index in [-0.39, 0.29) is 57.0 Å². The van der Waals surface area contributed by atoms with Crippen LogP contribution < -0.4 is 0 Å². The van der Waals surface area contributed by atoms with Crippen LogP contribution >= 0.6 is 0 Å². The summed E-state index contributed by atoms with van der Waals surface area (Å²) in [6.07, 6.45) is 14.6. The van der Waals surface area contributed by atoms with E-state index in [1.54, 1.807) is 21.3 Å². The Kier molecular flexibility index (Phi) is 19.1. The normalized spacial score (nSPS) is 27.6. The zero-order valence-corrected chi connectivity index (χ0v) is 24.5. The average molecular weight is 549 g/mol. The highest BCUT2D eigenvalue weighted by atomic mass is 16.7. The molecule has 2 fully saturated rings. The van der Waals surface area contributed by atoms with Gasteiger partial charge in [0.1, 0.15) is 20.4 Å². The van der Waals surface area contributed by atoms with Crippen molar-refractivity contribution >= 4 is 0 Å². The van der Waals surface area contributed by atoms with E-state index in [2.05, 4.69) is 6.92 Å². The molecular weight excluding hydrogens is 492 g/mol. The largest absolute Gasteiger partial charge is 0.370 e. The number of methoxy groups -OCH3 is 3. The van der Waals surface area contributed by atoms with E-state index in [9.17, 15) is 5.11 Å². The molecule has 2 aliphatic rings. The lowest BCUT2D eigenvalue weighted by atomic mass is 9.92. The molecule has 0 bridgehead atoms. The lowest BCUT2D eigenvalue weighted by Crippen LogP contribution is -2.46. The van der Waals surface area contributed by atoms with Gasteiger partial charge in [0, 0.05) is 27.8 Å². The standard InChI is InChI=1S/C29H56O9/c1-5-6-7-8-9-10-11-12-13-26-23(34-20-31-2)16-17-27(37-26)24(35-21-32-3)14-15-25(36-22-33-4)28-18-19-29(30)38-28/h23-30H,5-22H2,1-4H3/t23-,24+,25+,26+,27+,28+,29?/m1/s1. The lowest BCUT2D eigenvalue weighted by Gasteiger charge is -2.40. The number of aliphatic hydroxyl groups is 1. The molecule has 0 saturated carbocycles. The third kappa shape index (κ3) is 13.3. The molecule has 38 heavy (non-hydrogen) atoms. The number of unbranched alkanes of at least 4 members (excludes halogenated alkanes) is 7. The SMILES string of the molecule is CCCCCCCCCC[C@@H]1O[C@H]([C@H](CC[C@H](OCOC)[C@@H]2CCC(O)O2)OCOC)CC[C@H]1OCOC. The van der Waals surface area contributed by atoms with Crippen molar-refractivity contribution in [2.45, 2.75) is 146 Å². The van der Waals surface area contributed by atoms with Gasteiger partial charge in [-0.1, -0.05) is 58.3 Å². The Labute approximate surface area is 231 Å². The summed E-state index contributed by atoms with van der Waals surface area (Å²) >= 11 is 0. The summed E-state index contributed by atoms with van der Waals surface area (Å²) in [5.74, 6) is 0. The maximum Gasteiger partial charge on any atom is 0.155 e. The Balaban J connectivity index is 1.91. The van der Waals surface area contributed by atoms with E-state index in [1.807, 2.05) is 0 Å². The third-order valence-corrected chi connectivity index (χ3v) is 7.64. The summed E-state index contributed by atoms with van der Waals surface area (Å²) in [5, 5.41) is 9.85. The van der Waals surface area contributed by atoms with Crippen molar-refractivity contribution in [2.75, 3.05) is 41.7 Å². The number of rotatable bonds is 23. The highest BCUT2D eigenvalue weighted by molar-refractivity contribution is 4.86. The maximum absolute atomic E-state index is 9.85. The van der Waals surface area contributed by atoms with Crippen molar-refractivity contribution < 1.29 is 43.0 Å². The van der Waals surface area contributed by atoms with Gasteiger partial charge < -0.3 is 43.0 Å². The Morgan fingerprint density at radius 3 is 1.79 bits per heavy atom. The minimum Gasteiger partial charge on any atom is -0.370 e. The molecule has 2 rings (SSSR count). The summed E-state index contributed by atoms with van der Waals surface area (Å²) in [6.45, 7) is 2.93. The molecule has 1 unspecified atom stereocenters. The van der Waals surface area contributed by atoms with Crippen molar-refractivity contribution in [3.05, 3.63) is 0 Å². The predicted molar refractivity (Wildman–Crippen MR) is 145 cm³/mol. The van der Waals surface area contributed by atoms with Gasteiger partial charge in [0.15, 0.2) is 6.29 Å². The third-order valence-electron chi connectivity index (χ3n) is 7.64. The molecule has 0 aromatic heterocycles. The van der Waals surface area contributed by atoms with Gasteiger partial charge >= 0.3 is 0 Å². The second-order valence-corrected chi connectivity index (χ2v) is 10.7. The first-order valence-corrected chi connectivity index (χ1v) is 14.9. The van der Waals surface area contributed by atoms with Crippen LogP contribution in [0.25, 0.3) is 0 Å². The van der Waals surface area contributed by atoms with Crippen LogP contribution in [0.1, 0.15) is 103 Å². The molecule has 2 saturated heterocycles. The quantitative estimate of drug-likeness (QED) is 0.135. The van der Waals surface area contributed by atoms with E-state index < -0.39 is 6.29 Å². The van der Waals surface area contributed by atoms with Crippen LogP contribution in [0.15, 0.2) is 0 Å². The number of aliphatic hydroxyl groups excluding tert-OH is 1. The Bertz CT molecular complexity index is 552. The summed E-state index contributed by atoms with van der Waals surface area (Å²) < 4.78 is 46.0. The van der Waals surface area contributed by atoms with Crippen molar-refractivity contribution in [3.63, 3.8) is 0 Å². The van der Waals surface area contributed by atoms with Crippen LogP contribution in [-0.2, 0) is 37.9 Å². The van der Waals surface area contributed by atoms with Gasteiger partial charge in [-0.05, 0) is 38.5 Å². The van der Waals surface area contributed by atoms with Gasteiger partial charge in [-0.25, -0.2) is 0 Å². The van der Waals surface area contributed by atoms with Crippen LogP contribution in [0.3, 0.4) is 0 Å². The number of hydrogen-bond donors (Lipinski definition) is 1. The second-order valence-electron chi connectivity index (χ2n) is 10.7. The molecule has 1 N–H and O–H groups in total. The molecule has 9 nitrogen and oxygen atoms in total. The first-order valence-electron chi connectivity index (χ1n) is 14.9. The van der Waals surface area contributed by atoms with Gasteiger partial charge in [0.2, 0.25) is 0 Å². The molecular formula is C29H56O9. The second kappa shape index (κ2) is 21.4. The Hall–Kier alpha value is -0.360. The molecule has 9 heteroatoms. The molecule has 2 aliphatic heterocycles. The highest BCUT2D eigenvalue weighted by Crippen LogP contribution is 2.32. The highest BCUT2D eigenvalue weighted by Gasteiger charge is 2.37. The molecule has 0 aromatic rings. The molecule has 0 radical (unpaired) electrons. The van der Waals surface area contributed by atoms with Gasteiger partial charge in [0.25, 0.3) is 0 Å². The van der Waals surface area contributed by atoms with Crippen molar-refractivity contribution in [1.82, 2.24) is 0 Å². The zero-order valence-electron chi connectivity index (χ0n) is 24.5. The van der Waals surface area contributed by atoms with Crippen LogP contribution in [0.5, 0.6) is 0 Å².